The summed E-state index contributed by atoms with van der Waals surface area (Å²) in [6.07, 6.45) is 4.82. The van der Waals surface area contributed by atoms with E-state index in [4.69, 9.17) is 14.2 Å². The highest BCUT2D eigenvalue weighted by Crippen LogP contribution is 2.29. The van der Waals surface area contributed by atoms with E-state index in [-0.39, 0.29) is 11.7 Å². The Morgan fingerprint density at radius 1 is 1.17 bits per heavy atom. The van der Waals surface area contributed by atoms with E-state index in [2.05, 4.69) is 13.8 Å². The average Bonchev–Trinajstić information content (AvgIpc) is 2.49. The zero-order valence-corrected chi connectivity index (χ0v) is 15.7. The molecule has 0 aromatic heterocycles. The van der Waals surface area contributed by atoms with E-state index in [0.29, 0.717) is 19.8 Å². The van der Waals surface area contributed by atoms with Gasteiger partial charge >= 0.3 is 6.09 Å². The number of carbonyl (C=O) groups is 1. The zero-order valence-electron chi connectivity index (χ0n) is 15.7. The van der Waals surface area contributed by atoms with Crippen LogP contribution in [0, 0.1) is 0 Å². The van der Waals surface area contributed by atoms with E-state index in [1.54, 1.807) is 4.90 Å². The summed E-state index contributed by atoms with van der Waals surface area (Å²) in [5.74, 6) is 0. The normalized spacial score (nSPS) is 22.2. The number of hydrogen-bond acceptors (Lipinski definition) is 4. The first kappa shape index (κ1) is 20.2. The van der Waals surface area contributed by atoms with Crippen molar-refractivity contribution in [2.75, 3.05) is 32.9 Å². The van der Waals surface area contributed by atoms with Gasteiger partial charge in [0.05, 0.1) is 25.4 Å². The number of hydrogen-bond donors (Lipinski definition) is 0. The molecule has 5 heteroatoms. The van der Waals surface area contributed by atoms with Gasteiger partial charge in [0.2, 0.25) is 0 Å². The van der Waals surface area contributed by atoms with Gasteiger partial charge in [0.15, 0.2) is 0 Å². The first-order chi connectivity index (χ1) is 10.8. The Hall–Kier alpha value is -0.810. The molecule has 5 nitrogen and oxygen atoms in total. The Morgan fingerprint density at radius 3 is 2.52 bits per heavy atom. The maximum Gasteiger partial charge on any atom is 0.410 e. The van der Waals surface area contributed by atoms with Crippen LogP contribution in [0.1, 0.15) is 66.7 Å². The first-order valence-corrected chi connectivity index (χ1v) is 9.01. The summed E-state index contributed by atoms with van der Waals surface area (Å²) in [6.45, 7) is 13.3. The number of unbranched alkanes of at least 4 members (excludes halogenated alkanes) is 1. The van der Waals surface area contributed by atoms with Crippen LogP contribution < -0.4 is 0 Å². The monoisotopic (exact) mass is 329 g/mol. The van der Waals surface area contributed by atoms with Crippen LogP contribution in [0.5, 0.6) is 0 Å². The largest absolute Gasteiger partial charge is 0.444 e. The molecule has 1 fully saturated rings. The maximum absolute atomic E-state index is 12.3. The molecular weight excluding hydrogens is 294 g/mol. The van der Waals surface area contributed by atoms with Gasteiger partial charge in [-0.25, -0.2) is 4.79 Å². The number of carbonyl (C=O) groups excluding carboxylic acids is 1. The molecule has 1 heterocycles. The number of amides is 1. The van der Waals surface area contributed by atoms with Gasteiger partial charge in [-0.15, -0.1) is 0 Å². The molecule has 1 amide bonds. The molecule has 1 unspecified atom stereocenters. The molecule has 0 aromatic rings. The van der Waals surface area contributed by atoms with Gasteiger partial charge in [-0.05, 0) is 46.5 Å². The van der Waals surface area contributed by atoms with Crippen molar-refractivity contribution in [1.82, 2.24) is 4.90 Å². The van der Waals surface area contributed by atoms with E-state index < -0.39 is 5.60 Å². The van der Waals surface area contributed by atoms with E-state index in [1.165, 1.54) is 0 Å². The molecule has 1 rings (SSSR count). The minimum atomic E-state index is -0.461. The van der Waals surface area contributed by atoms with Crippen LogP contribution in [-0.2, 0) is 14.2 Å². The maximum atomic E-state index is 12.3. The van der Waals surface area contributed by atoms with Crippen molar-refractivity contribution < 1.29 is 19.0 Å². The Balaban J connectivity index is 2.46. The molecule has 0 bridgehead atoms. The second-order valence-corrected chi connectivity index (χ2v) is 7.36. The third-order valence-electron chi connectivity index (χ3n) is 4.11. The summed E-state index contributed by atoms with van der Waals surface area (Å²) >= 11 is 0. The summed E-state index contributed by atoms with van der Waals surface area (Å²) in [6, 6.07) is 0. The SMILES string of the molecule is CCCCOCCOC1(CC)CCCN(C(=O)OC(C)(C)C)C1. The van der Waals surface area contributed by atoms with E-state index in [1.807, 2.05) is 20.8 Å². The van der Waals surface area contributed by atoms with Gasteiger partial charge < -0.3 is 19.1 Å². The van der Waals surface area contributed by atoms with Crippen molar-refractivity contribution >= 4 is 6.09 Å². The molecule has 1 aliphatic rings. The Morgan fingerprint density at radius 2 is 1.91 bits per heavy atom. The van der Waals surface area contributed by atoms with E-state index >= 15 is 0 Å². The highest BCUT2D eigenvalue weighted by atomic mass is 16.6. The molecule has 0 N–H and O–H groups in total. The van der Waals surface area contributed by atoms with Gasteiger partial charge in [0.1, 0.15) is 5.60 Å². The van der Waals surface area contributed by atoms with Crippen molar-refractivity contribution in [2.24, 2.45) is 0 Å². The lowest BCUT2D eigenvalue weighted by atomic mass is 9.90. The van der Waals surface area contributed by atoms with Crippen molar-refractivity contribution in [1.29, 1.82) is 0 Å². The van der Waals surface area contributed by atoms with Crippen LogP contribution >= 0.6 is 0 Å². The van der Waals surface area contributed by atoms with Gasteiger partial charge in [-0.2, -0.15) is 0 Å². The zero-order chi connectivity index (χ0) is 17.3. The van der Waals surface area contributed by atoms with Crippen molar-refractivity contribution in [3.8, 4) is 0 Å². The molecule has 0 saturated carbocycles. The summed E-state index contributed by atoms with van der Waals surface area (Å²) in [7, 11) is 0. The summed E-state index contributed by atoms with van der Waals surface area (Å²) in [5, 5.41) is 0. The highest BCUT2D eigenvalue weighted by molar-refractivity contribution is 5.68. The molecule has 1 atom stereocenters. The summed E-state index contributed by atoms with van der Waals surface area (Å²) < 4.78 is 17.2. The lowest BCUT2D eigenvalue weighted by Crippen LogP contribution is -2.52. The lowest BCUT2D eigenvalue weighted by Gasteiger charge is -2.42. The molecular formula is C18H35NO4. The van der Waals surface area contributed by atoms with Gasteiger partial charge in [0, 0.05) is 13.2 Å². The van der Waals surface area contributed by atoms with Crippen molar-refractivity contribution in [2.45, 2.75) is 77.9 Å². The molecule has 136 valence electrons. The second-order valence-electron chi connectivity index (χ2n) is 7.36. The van der Waals surface area contributed by atoms with Gasteiger partial charge in [-0.1, -0.05) is 20.3 Å². The molecule has 0 spiro atoms. The third-order valence-corrected chi connectivity index (χ3v) is 4.11. The van der Waals surface area contributed by atoms with Crippen LogP contribution in [0.15, 0.2) is 0 Å². The number of nitrogens with zero attached hydrogens (tertiary/aromatic N) is 1. The molecule has 0 aromatic carbocycles. The number of piperidine rings is 1. The minimum Gasteiger partial charge on any atom is -0.444 e. The van der Waals surface area contributed by atoms with E-state index in [0.717, 1.165) is 45.3 Å². The second kappa shape index (κ2) is 9.48. The van der Waals surface area contributed by atoms with Crippen LogP contribution in [0.2, 0.25) is 0 Å². The van der Waals surface area contributed by atoms with Crippen LogP contribution in [0.25, 0.3) is 0 Å². The minimum absolute atomic E-state index is 0.238. The predicted octanol–water partition coefficient (Wildman–Crippen LogP) is 4.00. The molecule has 0 aliphatic carbocycles. The van der Waals surface area contributed by atoms with Crippen molar-refractivity contribution in [3.05, 3.63) is 0 Å². The van der Waals surface area contributed by atoms with Gasteiger partial charge in [0.25, 0.3) is 0 Å². The summed E-state index contributed by atoms with van der Waals surface area (Å²) in [5.41, 5.74) is -0.722. The fourth-order valence-electron chi connectivity index (χ4n) is 2.75. The first-order valence-electron chi connectivity index (χ1n) is 9.01. The van der Waals surface area contributed by atoms with Crippen LogP contribution in [0.3, 0.4) is 0 Å². The average molecular weight is 329 g/mol. The topological polar surface area (TPSA) is 48.0 Å². The van der Waals surface area contributed by atoms with Crippen LogP contribution in [0.4, 0.5) is 4.79 Å². The lowest BCUT2D eigenvalue weighted by molar-refractivity contribution is -0.106. The molecule has 0 radical (unpaired) electrons. The summed E-state index contributed by atoms with van der Waals surface area (Å²) in [4.78, 5) is 14.1. The van der Waals surface area contributed by atoms with E-state index in [9.17, 15) is 4.79 Å². The van der Waals surface area contributed by atoms with Crippen LogP contribution in [-0.4, -0.2) is 55.1 Å². The fraction of sp³-hybridized carbons (Fsp3) is 0.944. The standard InChI is InChI=1S/C18H35NO4/c1-6-8-12-21-13-14-22-18(7-2)10-9-11-19(15-18)16(20)23-17(3,4)5/h6-15H2,1-5H3. The Labute approximate surface area is 141 Å². The molecule has 1 aliphatic heterocycles. The fourth-order valence-corrected chi connectivity index (χ4v) is 2.75. The number of likely N-dealkylation sites (tertiary alicyclic amines) is 1. The Bertz CT molecular complexity index is 353. The molecule has 1 saturated heterocycles. The predicted molar refractivity (Wildman–Crippen MR) is 91.7 cm³/mol. The highest BCUT2D eigenvalue weighted by Gasteiger charge is 2.38. The third kappa shape index (κ3) is 7.53. The Kier molecular flexibility index (Phi) is 8.34. The quantitative estimate of drug-likeness (QED) is 0.632. The molecule has 23 heavy (non-hydrogen) atoms. The van der Waals surface area contributed by atoms with Crippen molar-refractivity contribution in [3.63, 3.8) is 0 Å². The smallest absolute Gasteiger partial charge is 0.410 e. The number of ether oxygens (including phenoxy) is 3. The number of rotatable bonds is 8. The van der Waals surface area contributed by atoms with Gasteiger partial charge in [-0.3, -0.25) is 0 Å².